The number of carbonyl (C=O) groups is 1. The molecular formula is C32H39N3O2. The Morgan fingerprint density at radius 1 is 0.649 bits per heavy atom. The monoisotopic (exact) mass is 497 g/mol. The lowest BCUT2D eigenvalue weighted by molar-refractivity contribution is 0.0264. The van der Waals surface area contributed by atoms with E-state index < -0.39 is 5.60 Å². The fourth-order valence-corrected chi connectivity index (χ4v) is 5.75. The van der Waals surface area contributed by atoms with Gasteiger partial charge in [-0.15, -0.1) is 0 Å². The first-order valence-corrected chi connectivity index (χ1v) is 13.6. The number of benzene rings is 3. The van der Waals surface area contributed by atoms with Crippen molar-refractivity contribution in [1.29, 1.82) is 0 Å². The van der Waals surface area contributed by atoms with E-state index in [1.807, 2.05) is 25.1 Å². The van der Waals surface area contributed by atoms with Crippen molar-refractivity contribution in [1.82, 2.24) is 0 Å². The van der Waals surface area contributed by atoms with Crippen molar-refractivity contribution in [2.45, 2.75) is 45.1 Å². The third kappa shape index (κ3) is 4.05. The molecular weight excluding hydrogens is 458 g/mol. The van der Waals surface area contributed by atoms with Crippen LogP contribution in [0, 0.1) is 0 Å². The first-order chi connectivity index (χ1) is 17.8. The third-order valence-corrected chi connectivity index (χ3v) is 7.86. The SMILES string of the molecule is CCCCN(CCCC)c1ccc2c(c1)-c1cc(N(C)C)ccc1C21OC(=O)c2cc(N(C)C)ccc21. The van der Waals surface area contributed by atoms with Crippen LogP contribution in [0.5, 0.6) is 0 Å². The number of anilines is 3. The van der Waals surface area contributed by atoms with Gasteiger partial charge in [-0.05, 0) is 60.4 Å². The summed E-state index contributed by atoms with van der Waals surface area (Å²) in [5, 5.41) is 0. The van der Waals surface area contributed by atoms with E-state index >= 15 is 0 Å². The molecule has 0 N–H and O–H groups in total. The summed E-state index contributed by atoms with van der Waals surface area (Å²) in [4.78, 5) is 20.0. The second kappa shape index (κ2) is 9.77. The van der Waals surface area contributed by atoms with E-state index in [9.17, 15) is 4.79 Å². The minimum Gasteiger partial charge on any atom is -0.441 e. The molecule has 1 aliphatic heterocycles. The molecule has 5 rings (SSSR count). The standard InChI is InChI=1S/C32H39N3O2/c1-7-9-17-35(18-10-8-2)24-13-16-29-26(21-24)25-19-22(33(3)4)11-14-28(25)32(29)30-15-12-23(34(5)6)20-27(30)31(36)37-32/h11-16,19-21H,7-10,17-18H2,1-6H3. The molecule has 1 spiro atoms. The largest absolute Gasteiger partial charge is 0.441 e. The maximum Gasteiger partial charge on any atom is 0.340 e. The summed E-state index contributed by atoms with van der Waals surface area (Å²) in [7, 11) is 8.11. The zero-order valence-corrected chi connectivity index (χ0v) is 23.1. The molecule has 1 unspecified atom stereocenters. The highest BCUT2D eigenvalue weighted by molar-refractivity contribution is 6.00. The first-order valence-electron chi connectivity index (χ1n) is 13.6. The Morgan fingerprint density at radius 2 is 1.08 bits per heavy atom. The zero-order valence-electron chi connectivity index (χ0n) is 23.1. The van der Waals surface area contributed by atoms with Crippen LogP contribution in [-0.4, -0.2) is 47.2 Å². The summed E-state index contributed by atoms with van der Waals surface area (Å²) in [5.74, 6) is -0.259. The smallest absolute Gasteiger partial charge is 0.340 e. The van der Waals surface area contributed by atoms with Crippen molar-refractivity contribution in [2.24, 2.45) is 0 Å². The maximum atomic E-state index is 13.4. The van der Waals surface area contributed by atoms with Crippen LogP contribution in [0.2, 0.25) is 0 Å². The van der Waals surface area contributed by atoms with Crippen LogP contribution in [0.15, 0.2) is 54.6 Å². The lowest BCUT2D eigenvalue weighted by Crippen LogP contribution is -2.28. The molecule has 2 aliphatic rings. The second-order valence-electron chi connectivity index (χ2n) is 10.7. The average Bonchev–Trinajstić information content (AvgIpc) is 3.34. The topological polar surface area (TPSA) is 36.0 Å². The molecule has 1 heterocycles. The molecule has 0 aromatic heterocycles. The fourth-order valence-electron chi connectivity index (χ4n) is 5.75. The molecule has 5 nitrogen and oxygen atoms in total. The van der Waals surface area contributed by atoms with Gasteiger partial charge in [0.2, 0.25) is 0 Å². The summed E-state index contributed by atoms with van der Waals surface area (Å²) in [6, 6.07) is 19.4. The molecule has 0 fully saturated rings. The molecule has 37 heavy (non-hydrogen) atoms. The molecule has 0 saturated carbocycles. The fraction of sp³-hybridized carbons (Fsp3) is 0.406. The molecule has 1 atom stereocenters. The van der Waals surface area contributed by atoms with E-state index in [1.165, 1.54) is 31.4 Å². The maximum absolute atomic E-state index is 13.4. The quantitative estimate of drug-likeness (QED) is 0.309. The Morgan fingerprint density at radius 3 is 1.57 bits per heavy atom. The number of carbonyl (C=O) groups excluding carboxylic acids is 1. The molecule has 3 aromatic carbocycles. The van der Waals surface area contributed by atoms with Gasteiger partial charge in [0.1, 0.15) is 0 Å². The Labute approximate surface area is 221 Å². The number of unbranched alkanes of at least 4 members (excludes halogenated alkanes) is 2. The predicted octanol–water partition coefficient (Wildman–Crippen LogP) is 6.67. The van der Waals surface area contributed by atoms with E-state index in [-0.39, 0.29) is 5.97 Å². The lowest BCUT2D eigenvalue weighted by atomic mass is 9.83. The predicted molar refractivity (Wildman–Crippen MR) is 154 cm³/mol. The Bertz CT molecular complexity index is 1320. The van der Waals surface area contributed by atoms with Gasteiger partial charge in [0, 0.05) is 75.0 Å². The third-order valence-electron chi connectivity index (χ3n) is 7.86. The van der Waals surface area contributed by atoms with Crippen molar-refractivity contribution in [3.05, 3.63) is 76.9 Å². The van der Waals surface area contributed by atoms with Gasteiger partial charge < -0.3 is 19.4 Å². The van der Waals surface area contributed by atoms with Crippen molar-refractivity contribution >= 4 is 23.0 Å². The Hall–Kier alpha value is -3.47. The van der Waals surface area contributed by atoms with Crippen molar-refractivity contribution in [3.8, 4) is 11.1 Å². The van der Waals surface area contributed by atoms with Crippen molar-refractivity contribution < 1.29 is 9.53 Å². The number of esters is 1. The summed E-state index contributed by atoms with van der Waals surface area (Å²) < 4.78 is 6.41. The molecule has 194 valence electrons. The van der Waals surface area contributed by atoms with E-state index in [2.05, 4.69) is 86.3 Å². The summed E-state index contributed by atoms with van der Waals surface area (Å²) in [5.41, 5.74) is 8.44. The number of fused-ring (bicyclic) bond motifs is 7. The molecule has 5 heteroatoms. The van der Waals surface area contributed by atoms with Gasteiger partial charge in [-0.2, -0.15) is 0 Å². The molecule has 0 radical (unpaired) electrons. The minimum absolute atomic E-state index is 0.259. The van der Waals surface area contributed by atoms with Gasteiger partial charge in [-0.3, -0.25) is 0 Å². The zero-order chi connectivity index (χ0) is 26.3. The van der Waals surface area contributed by atoms with Crippen LogP contribution >= 0.6 is 0 Å². The molecule has 0 saturated heterocycles. The number of hydrogen-bond acceptors (Lipinski definition) is 5. The van der Waals surface area contributed by atoms with Gasteiger partial charge in [-0.25, -0.2) is 4.79 Å². The van der Waals surface area contributed by atoms with Crippen molar-refractivity contribution in [2.75, 3.05) is 56.0 Å². The van der Waals surface area contributed by atoms with Gasteiger partial charge in [-0.1, -0.05) is 44.9 Å². The summed E-state index contributed by atoms with van der Waals surface area (Å²) in [6.45, 7) is 6.60. The summed E-state index contributed by atoms with van der Waals surface area (Å²) >= 11 is 0. The van der Waals surface area contributed by atoms with Crippen LogP contribution in [0.3, 0.4) is 0 Å². The van der Waals surface area contributed by atoms with E-state index in [4.69, 9.17) is 4.74 Å². The normalized spacial score (nSPS) is 16.9. The van der Waals surface area contributed by atoms with Gasteiger partial charge >= 0.3 is 5.97 Å². The molecule has 3 aromatic rings. The Kier molecular flexibility index (Phi) is 6.65. The first kappa shape index (κ1) is 25.2. The number of hydrogen-bond donors (Lipinski definition) is 0. The van der Waals surface area contributed by atoms with Crippen LogP contribution in [0.4, 0.5) is 17.1 Å². The average molecular weight is 498 g/mol. The number of ether oxygens (including phenoxy) is 1. The van der Waals surface area contributed by atoms with E-state index in [1.54, 1.807) is 0 Å². The van der Waals surface area contributed by atoms with Gasteiger partial charge in [0.15, 0.2) is 5.60 Å². The highest BCUT2D eigenvalue weighted by Crippen LogP contribution is 2.58. The highest BCUT2D eigenvalue weighted by atomic mass is 16.6. The minimum atomic E-state index is -0.914. The van der Waals surface area contributed by atoms with Crippen LogP contribution in [0.1, 0.15) is 66.6 Å². The number of nitrogens with zero attached hydrogens (tertiary/aromatic N) is 3. The van der Waals surface area contributed by atoms with Gasteiger partial charge in [0.05, 0.1) is 5.56 Å². The second-order valence-corrected chi connectivity index (χ2v) is 10.7. The van der Waals surface area contributed by atoms with Crippen LogP contribution in [-0.2, 0) is 10.3 Å². The van der Waals surface area contributed by atoms with Crippen LogP contribution in [0.25, 0.3) is 11.1 Å². The lowest BCUT2D eigenvalue weighted by Gasteiger charge is -2.28. The summed E-state index contributed by atoms with van der Waals surface area (Å²) in [6.07, 6.45) is 4.69. The molecule has 0 amide bonds. The van der Waals surface area contributed by atoms with E-state index in [0.29, 0.717) is 5.56 Å². The van der Waals surface area contributed by atoms with Crippen LogP contribution < -0.4 is 14.7 Å². The molecule has 0 bridgehead atoms. The number of rotatable bonds is 9. The van der Waals surface area contributed by atoms with Gasteiger partial charge in [0.25, 0.3) is 0 Å². The Balaban J connectivity index is 1.71. The van der Waals surface area contributed by atoms with E-state index in [0.717, 1.165) is 52.3 Å². The highest BCUT2D eigenvalue weighted by Gasteiger charge is 2.54. The van der Waals surface area contributed by atoms with Crippen molar-refractivity contribution in [3.63, 3.8) is 0 Å². The molecule has 1 aliphatic carbocycles.